The maximum atomic E-state index is 12.5. The average molecular weight is 401 g/mol. The highest BCUT2D eigenvalue weighted by molar-refractivity contribution is 8.00. The lowest BCUT2D eigenvalue weighted by molar-refractivity contribution is -0.120. The van der Waals surface area contributed by atoms with Crippen molar-refractivity contribution in [1.29, 1.82) is 0 Å². The number of ether oxygens (including phenoxy) is 2. The number of nitrogens with zero attached hydrogens (tertiary/aromatic N) is 1. The summed E-state index contributed by atoms with van der Waals surface area (Å²) in [5, 5.41) is 2.82. The minimum atomic E-state index is -0.207. The first kappa shape index (κ1) is 20.4. The summed E-state index contributed by atoms with van der Waals surface area (Å²) in [6.45, 7) is 4.73. The van der Waals surface area contributed by atoms with Gasteiger partial charge in [-0.1, -0.05) is 12.1 Å². The summed E-state index contributed by atoms with van der Waals surface area (Å²) in [7, 11) is 3.22. The van der Waals surface area contributed by atoms with E-state index >= 15 is 0 Å². The second kappa shape index (κ2) is 9.73. The molecule has 0 aromatic heterocycles. The van der Waals surface area contributed by atoms with Crippen molar-refractivity contribution in [3.8, 4) is 11.5 Å². The van der Waals surface area contributed by atoms with Crippen LogP contribution in [-0.2, 0) is 11.3 Å². The van der Waals surface area contributed by atoms with E-state index in [2.05, 4.69) is 34.5 Å². The summed E-state index contributed by atoms with van der Waals surface area (Å²) in [4.78, 5) is 15.9. The van der Waals surface area contributed by atoms with Crippen molar-refractivity contribution < 1.29 is 14.3 Å². The van der Waals surface area contributed by atoms with Crippen LogP contribution in [0.4, 0.5) is 5.69 Å². The van der Waals surface area contributed by atoms with Crippen LogP contribution in [0.2, 0.25) is 0 Å². The first-order valence-electron chi connectivity index (χ1n) is 9.61. The summed E-state index contributed by atoms with van der Waals surface area (Å²) in [6.07, 6.45) is 2.54. The van der Waals surface area contributed by atoms with Gasteiger partial charge in [0.15, 0.2) is 11.5 Å². The van der Waals surface area contributed by atoms with E-state index in [0.29, 0.717) is 18.0 Å². The van der Waals surface area contributed by atoms with Gasteiger partial charge in [-0.05, 0) is 55.7 Å². The molecule has 1 heterocycles. The lowest BCUT2D eigenvalue weighted by Gasteiger charge is -2.18. The molecule has 1 saturated heterocycles. The molecule has 0 aliphatic carbocycles. The molecule has 0 bridgehead atoms. The summed E-state index contributed by atoms with van der Waals surface area (Å²) < 4.78 is 10.6. The standard InChI is InChI=1S/C22H28N2O3S/c1-16(28-19-10-11-20(26-2)21(14-19)27-3)22(25)23-15-17-6-8-18(9-7-17)24-12-4-5-13-24/h6-11,14,16H,4-5,12-13,15H2,1-3H3,(H,23,25)/t16-/m1/s1. The number of amides is 1. The minimum Gasteiger partial charge on any atom is -0.493 e. The van der Waals surface area contributed by atoms with E-state index in [1.54, 1.807) is 14.2 Å². The lowest BCUT2D eigenvalue weighted by Crippen LogP contribution is -2.30. The van der Waals surface area contributed by atoms with E-state index in [1.807, 2.05) is 25.1 Å². The molecule has 2 aromatic rings. The maximum absolute atomic E-state index is 12.5. The molecule has 28 heavy (non-hydrogen) atoms. The Kier molecular flexibility index (Phi) is 7.09. The van der Waals surface area contributed by atoms with E-state index in [4.69, 9.17) is 9.47 Å². The molecular formula is C22H28N2O3S. The molecule has 1 aliphatic rings. The van der Waals surface area contributed by atoms with Crippen molar-refractivity contribution in [3.05, 3.63) is 48.0 Å². The van der Waals surface area contributed by atoms with Gasteiger partial charge >= 0.3 is 0 Å². The molecule has 0 spiro atoms. The number of hydrogen-bond donors (Lipinski definition) is 1. The van der Waals surface area contributed by atoms with Gasteiger partial charge in [0.1, 0.15) is 0 Å². The van der Waals surface area contributed by atoms with Gasteiger partial charge in [-0.15, -0.1) is 11.8 Å². The number of carbonyl (C=O) groups excluding carboxylic acids is 1. The third-order valence-electron chi connectivity index (χ3n) is 4.91. The summed E-state index contributed by atoms with van der Waals surface area (Å²) in [6, 6.07) is 14.2. The van der Waals surface area contributed by atoms with E-state index in [9.17, 15) is 4.79 Å². The molecule has 6 heteroatoms. The Morgan fingerprint density at radius 1 is 1.07 bits per heavy atom. The topological polar surface area (TPSA) is 50.8 Å². The van der Waals surface area contributed by atoms with E-state index in [-0.39, 0.29) is 11.2 Å². The van der Waals surface area contributed by atoms with Crippen LogP contribution in [0.15, 0.2) is 47.4 Å². The monoisotopic (exact) mass is 400 g/mol. The summed E-state index contributed by atoms with van der Waals surface area (Å²) in [5.41, 5.74) is 2.38. The quantitative estimate of drug-likeness (QED) is 0.676. The van der Waals surface area contributed by atoms with Gasteiger partial charge in [-0.2, -0.15) is 0 Å². The number of methoxy groups -OCH3 is 2. The highest BCUT2D eigenvalue weighted by Crippen LogP contribution is 2.33. The van der Waals surface area contributed by atoms with Gasteiger partial charge in [-0.3, -0.25) is 4.79 Å². The zero-order valence-electron chi connectivity index (χ0n) is 16.7. The Morgan fingerprint density at radius 2 is 1.75 bits per heavy atom. The third kappa shape index (κ3) is 5.13. The highest BCUT2D eigenvalue weighted by atomic mass is 32.2. The largest absolute Gasteiger partial charge is 0.493 e. The zero-order valence-corrected chi connectivity index (χ0v) is 17.6. The van der Waals surface area contributed by atoms with Crippen molar-refractivity contribution in [3.63, 3.8) is 0 Å². The lowest BCUT2D eigenvalue weighted by atomic mass is 10.2. The molecule has 1 aliphatic heterocycles. The molecule has 0 saturated carbocycles. The number of rotatable bonds is 8. The fourth-order valence-electron chi connectivity index (χ4n) is 3.28. The summed E-state index contributed by atoms with van der Waals surface area (Å²) >= 11 is 1.50. The van der Waals surface area contributed by atoms with Crippen LogP contribution in [0.1, 0.15) is 25.3 Å². The molecule has 1 fully saturated rings. The summed E-state index contributed by atoms with van der Waals surface area (Å²) in [5.74, 6) is 1.36. The molecule has 5 nitrogen and oxygen atoms in total. The van der Waals surface area contributed by atoms with Crippen LogP contribution in [0.3, 0.4) is 0 Å². The SMILES string of the molecule is COc1ccc(S[C@H](C)C(=O)NCc2ccc(N3CCCC3)cc2)cc1OC. The molecule has 1 amide bonds. The second-order valence-corrected chi connectivity index (χ2v) is 8.27. The number of hydrogen-bond acceptors (Lipinski definition) is 5. The number of thioether (sulfide) groups is 1. The predicted octanol–water partition coefficient (Wildman–Crippen LogP) is 4.10. The second-order valence-electron chi connectivity index (χ2n) is 6.86. The van der Waals surface area contributed by atoms with Gasteiger partial charge in [-0.25, -0.2) is 0 Å². The van der Waals surface area contributed by atoms with Crippen LogP contribution in [0.5, 0.6) is 11.5 Å². The van der Waals surface area contributed by atoms with Crippen molar-refractivity contribution in [1.82, 2.24) is 5.32 Å². The van der Waals surface area contributed by atoms with Gasteiger partial charge in [0.2, 0.25) is 5.91 Å². The van der Waals surface area contributed by atoms with Gasteiger partial charge in [0.25, 0.3) is 0 Å². The van der Waals surface area contributed by atoms with Crippen molar-refractivity contribution in [2.45, 2.75) is 36.5 Å². The number of nitrogens with one attached hydrogen (secondary N) is 1. The average Bonchev–Trinajstić information content (AvgIpc) is 3.27. The van der Waals surface area contributed by atoms with E-state index in [1.165, 1.54) is 30.3 Å². The van der Waals surface area contributed by atoms with Crippen LogP contribution < -0.4 is 19.7 Å². The third-order valence-corrected chi connectivity index (χ3v) is 6.01. The van der Waals surface area contributed by atoms with Gasteiger partial charge in [0, 0.05) is 30.2 Å². The van der Waals surface area contributed by atoms with E-state index in [0.717, 1.165) is 23.5 Å². The first-order valence-corrected chi connectivity index (χ1v) is 10.5. The zero-order chi connectivity index (χ0) is 19.9. The normalized spacial score (nSPS) is 14.6. The number of carbonyl (C=O) groups is 1. The van der Waals surface area contributed by atoms with Crippen LogP contribution >= 0.6 is 11.8 Å². The van der Waals surface area contributed by atoms with Crippen molar-refractivity contribution in [2.24, 2.45) is 0 Å². The van der Waals surface area contributed by atoms with Crippen LogP contribution in [0.25, 0.3) is 0 Å². The highest BCUT2D eigenvalue weighted by Gasteiger charge is 2.16. The number of anilines is 1. The molecular weight excluding hydrogens is 372 g/mol. The Bertz CT molecular complexity index is 789. The molecule has 0 radical (unpaired) electrons. The Hall–Kier alpha value is -2.34. The molecule has 1 atom stereocenters. The molecule has 150 valence electrons. The van der Waals surface area contributed by atoms with E-state index < -0.39 is 0 Å². The Labute approximate surface area is 171 Å². The molecule has 0 unspecified atom stereocenters. The molecule has 3 rings (SSSR count). The van der Waals surface area contributed by atoms with Gasteiger partial charge in [0.05, 0.1) is 19.5 Å². The van der Waals surface area contributed by atoms with Crippen molar-refractivity contribution in [2.75, 3.05) is 32.2 Å². The fraction of sp³-hybridized carbons (Fsp3) is 0.409. The number of benzene rings is 2. The van der Waals surface area contributed by atoms with Gasteiger partial charge < -0.3 is 19.7 Å². The maximum Gasteiger partial charge on any atom is 0.233 e. The fourth-order valence-corrected chi connectivity index (χ4v) is 4.20. The molecule has 1 N–H and O–H groups in total. The Balaban J connectivity index is 1.51. The van der Waals surface area contributed by atoms with Crippen LogP contribution in [-0.4, -0.2) is 38.5 Å². The van der Waals surface area contributed by atoms with Crippen molar-refractivity contribution >= 4 is 23.4 Å². The predicted molar refractivity (Wildman–Crippen MR) is 115 cm³/mol. The smallest absolute Gasteiger partial charge is 0.233 e. The van der Waals surface area contributed by atoms with Crippen LogP contribution in [0, 0.1) is 0 Å². The first-order chi connectivity index (χ1) is 13.6. The minimum absolute atomic E-state index is 0.0170. The Morgan fingerprint density at radius 3 is 2.39 bits per heavy atom. The molecule has 2 aromatic carbocycles.